The zero-order chi connectivity index (χ0) is 12.7. The lowest BCUT2D eigenvalue weighted by Gasteiger charge is -2.14. The molecule has 0 fully saturated rings. The summed E-state index contributed by atoms with van der Waals surface area (Å²) in [6, 6.07) is 9.05. The summed E-state index contributed by atoms with van der Waals surface area (Å²) in [5, 5.41) is 5.13. The molecule has 0 bridgehead atoms. The van der Waals surface area contributed by atoms with Crippen molar-refractivity contribution in [3.8, 4) is 0 Å². The second-order valence-corrected chi connectivity index (χ2v) is 3.54. The second kappa shape index (κ2) is 6.52. The molecule has 1 aromatic rings. The summed E-state index contributed by atoms with van der Waals surface area (Å²) in [5.41, 5.74) is 1.00. The van der Waals surface area contributed by atoms with Gasteiger partial charge in [0.05, 0.1) is 13.2 Å². The van der Waals surface area contributed by atoms with Crippen molar-refractivity contribution < 1.29 is 14.3 Å². The van der Waals surface area contributed by atoms with Crippen LogP contribution in [0, 0.1) is 0 Å². The Morgan fingerprint density at radius 1 is 1.29 bits per heavy atom. The maximum absolute atomic E-state index is 11.4. The van der Waals surface area contributed by atoms with Crippen LogP contribution in [-0.2, 0) is 9.53 Å². The monoisotopic (exact) mass is 236 g/mol. The second-order valence-electron chi connectivity index (χ2n) is 3.54. The van der Waals surface area contributed by atoms with Gasteiger partial charge in [0.1, 0.15) is 6.54 Å². The molecule has 1 rings (SSSR count). The number of esters is 1. The third-order valence-corrected chi connectivity index (χ3v) is 2.27. The maximum atomic E-state index is 11.4. The van der Waals surface area contributed by atoms with Crippen LogP contribution >= 0.6 is 0 Å². The van der Waals surface area contributed by atoms with Crippen molar-refractivity contribution >= 4 is 12.0 Å². The van der Waals surface area contributed by atoms with Crippen molar-refractivity contribution in [2.45, 2.75) is 13.0 Å². The predicted octanol–water partition coefficient (Wildman–Crippen LogP) is 1.22. The van der Waals surface area contributed by atoms with Gasteiger partial charge in [-0.15, -0.1) is 0 Å². The summed E-state index contributed by atoms with van der Waals surface area (Å²) < 4.78 is 4.41. The SMILES string of the molecule is COC(=O)CNC(=O)NC(C)c1ccccc1. The van der Waals surface area contributed by atoms with Crippen molar-refractivity contribution in [3.63, 3.8) is 0 Å². The van der Waals surface area contributed by atoms with E-state index in [9.17, 15) is 9.59 Å². The third-order valence-electron chi connectivity index (χ3n) is 2.27. The van der Waals surface area contributed by atoms with E-state index < -0.39 is 12.0 Å². The fraction of sp³-hybridized carbons (Fsp3) is 0.333. The molecule has 0 aliphatic heterocycles. The molecule has 17 heavy (non-hydrogen) atoms. The standard InChI is InChI=1S/C12H16N2O3/c1-9(10-6-4-3-5-7-10)14-12(16)13-8-11(15)17-2/h3-7,9H,8H2,1-2H3,(H2,13,14,16). The van der Waals surface area contributed by atoms with Crippen molar-refractivity contribution in [1.82, 2.24) is 10.6 Å². The van der Waals surface area contributed by atoms with Crippen LogP contribution in [0.4, 0.5) is 4.79 Å². The molecule has 1 unspecified atom stereocenters. The minimum atomic E-state index is -0.479. The Morgan fingerprint density at radius 3 is 2.53 bits per heavy atom. The minimum Gasteiger partial charge on any atom is -0.468 e. The van der Waals surface area contributed by atoms with Gasteiger partial charge in [0.25, 0.3) is 0 Å². The Labute approximate surface area is 100 Å². The van der Waals surface area contributed by atoms with E-state index >= 15 is 0 Å². The number of amides is 2. The van der Waals surface area contributed by atoms with Gasteiger partial charge in [-0.05, 0) is 12.5 Å². The van der Waals surface area contributed by atoms with Crippen LogP contribution in [0.5, 0.6) is 0 Å². The molecular weight excluding hydrogens is 220 g/mol. The highest BCUT2D eigenvalue weighted by Gasteiger charge is 2.09. The molecule has 1 aromatic carbocycles. The van der Waals surface area contributed by atoms with E-state index in [4.69, 9.17) is 0 Å². The molecule has 1 atom stereocenters. The number of benzene rings is 1. The molecule has 92 valence electrons. The van der Waals surface area contributed by atoms with Gasteiger partial charge in [0.15, 0.2) is 0 Å². The van der Waals surface area contributed by atoms with E-state index in [1.54, 1.807) is 0 Å². The molecule has 0 radical (unpaired) electrons. The third kappa shape index (κ3) is 4.55. The van der Waals surface area contributed by atoms with Gasteiger partial charge in [-0.3, -0.25) is 4.79 Å². The number of nitrogens with one attached hydrogen (secondary N) is 2. The average molecular weight is 236 g/mol. The van der Waals surface area contributed by atoms with Crippen LogP contribution in [0.25, 0.3) is 0 Å². The molecule has 0 heterocycles. The van der Waals surface area contributed by atoms with Gasteiger partial charge in [-0.1, -0.05) is 30.3 Å². The Morgan fingerprint density at radius 2 is 1.94 bits per heavy atom. The lowest BCUT2D eigenvalue weighted by molar-refractivity contribution is -0.139. The average Bonchev–Trinajstić information content (AvgIpc) is 2.36. The highest BCUT2D eigenvalue weighted by molar-refractivity contribution is 5.80. The fourth-order valence-electron chi connectivity index (χ4n) is 1.30. The summed E-state index contributed by atoms with van der Waals surface area (Å²) in [4.78, 5) is 22.2. The lowest BCUT2D eigenvalue weighted by atomic mass is 10.1. The van der Waals surface area contributed by atoms with Crippen molar-refractivity contribution in [2.75, 3.05) is 13.7 Å². The minimum absolute atomic E-state index is 0.117. The van der Waals surface area contributed by atoms with Crippen LogP contribution in [0.15, 0.2) is 30.3 Å². The quantitative estimate of drug-likeness (QED) is 0.772. The Kier molecular flexibility index (Phi) is 5.00. The molecule has 0 aliphatic rings. The van der Waals surface area contributed by atoms with E-state index in [-0.39, 0.29) is 12.6 Å². The van der Waals surface area contributed by atoms with Crippen molar-refractivity contribution in [3.05, 3.63) is 35.9 Å². The van der Waals surface area contributed by atoms with Crippen LogP contribution in [0.3, 0.4) is 0 Å². The van der Waals surface area contributed by atoms with Crippen LogP contribution < -0.4 is 10.6 Å². The molecule has 0 aliphatic carbocycles. The molecule has 2 amide bonds. The first kappa shape index (κ1) is 13.0. The predicted molar refractivity (Wildman–Crippen MR) is 63.4 cm³/mol. The summed E-state index contributed by atoms with van der Waals surface area (Å²) in [7, 11) is 1.27. The van der Waals surface area contributed by atoms with Crippen LogP contribution in [0.2, 0.25) is 0 Å². The summed E-state index contributed by atoms with van der Waals surface area (Å²) in [5.74, 6) is -0.479. The zero-order valence-electron chi connectivity index (χ0n) is 9.90. The first-order valence-electron chi connectivity index (χ1n) is 5.29. The Balaban J connectivity index is 2.39. The highest BCUT2D eigenvalue weighted by atomic mass is 16.5. The van der Waals surface area contributed by atoms with Crippen LogP contribution in [0.1, 0.15) is 18.5 Å². The molecule has 5 heteroatoms. The summed E-state index contributed by atoms with van der Waals surface area (Å²) >= 11 is 0. The van der Waals surface area contributed by atoms with Gasteiger partial charge in [-0.2, -0.15) is 0 Å². The van der Waals surface area contributed by atoms with E-state index in [1.807, 2.05) is 37.3 Å². The number of urea groups is 1. The molecule has 2 N–H and O–H groups in total. The molecule has 0 saturated carbocycles. The summed E-state index contributed by atoms with van der Waals surface area (Å²) in [6.07, 6.45) is 0. The molecule has 0 spiro atoms. The number of hydrogen-bond donors (Lipinski definition) is 2. The molecule has 0 aromatic heterocycles. The molecule has 5 nitrogen and oxygen atoms in total. The summed E-state index contributed by atoms with van der Waals surface area (Å²) in [6.45, 7) is 1.73. The van der Waals surface area contributed by atoms with Crippen molar-refractivity contribution in [1.29, 1.82) is 0 Å². The van der Waals surface area contributed by atoms with Gasteiger partial charge in [-0.25, -0.2) is 4.79 Å². The van der Waals surface area contributed by atoms with E-state index in [0.29, 0.717) is 0 Å². The largest absolute Gasteiger partial charge is 0.468 e. The number of hydrogen-bond acceptors (Lipinski definition) is 3. The van der Waals surface area contributed by atoms with Gasteiger partial charge in [0.2, 0.25) is 0 Å². The maximum Gasteiger partial charge on any atom is 0.325 e. The number of methoxy groups -OCH3 is 1. The number of ether oxygens (including phenoxy) is 1. The molecular formula is C12H16N2O3. The smallest absolute Gasteiger partial charge is 0.325 e. The van der Waals surface area contributed by atoms with E-state index in [2.05, 4.69) is 15.4 Å². The normalized spacial score (nSPS) is 11.4. The fourth-order valence-corrected chi connectivity index (χ4v) is 1.30. The van der Waals surface area contributed by atoms with Gasteiger partial charge >= 0.3 is 12.0 Å². The van der Waals surface area contributed by atoms with Gasteiger partial charge in [0, 0.05) is 0 Å². The van der Waals surface area contributed by atoms with Crippen LogP contribution in [-0.4, -0.2) is 25.7 Å². The zero-order valence-corrected chi connectivity index (χ0v) is 9.90. The van der Waals surface area contributed by atoms with Crippen molar-refractivity contribution in [2.24, 2.45) is 0 Å². The number of carbonyl (C=O) groups is 2. The lowest BCUT2D eigenvalue weighted by Crippen LogP contribution is -2.39. The Hall–Kier alpha value is -2.04. The van der Waals surface area contributed by atoms with Gasteiger partial charge < -0.3 is 15.4 Å². The first-order valence-corrected chi connectivity index (χ1v) is 5.29. The first-order chi connectivity index (χ1) is 8.13. The number of rotatable bonds is 4. The van der Waals surface area contributed by atoms with E-state index in [0.717, 1.165) is 5.56 Å². The Bertz CT molecular complexity index is 379. The highest BCUT2D eigenvalue weighted by Crippen LogP contribution is 2.10. The van der Waals surface area contributed by atoms with E-state index in [1.165, 1.54) is 7.11 Å². The number of carbonyl (C=O) groups excluding carboxylic acids is 2. The topological polar surface area (TPSA) is 67.4 Å². The molecule has 0 saturated heterocycles.